The monoisotopic (exact) mass is 695 g/mol. The Balaban J connectivity index is 1.29. The molecule has 1 fully saturated rings. The maximum absolute atomic E-state index is 13.7. The number of carbonyl (C=O) groups is 1. The first-order valence-corrected chi connectivity index (χ1v) is 15.8. The van der Waals surface area contributed by atoms with E-state index < -0.39 is 48.7 Å². The number of ether oxygens (including phenoxy) is 2. The molecule has 6 rings (SSSR count). The molecule has 4 unspecified atom stereocenters. The van der Waals surface area contributed by atoms with Gasteiger partial charge >= 0.3 is 12.2 Å². The number of hydrogen-bond donors (Lipinski definition) is 5. The van der Waals surface area contributed by atoms with Gasteiger partial charge in [-0.25, -0.2) is 9.78 Å². The third kappa shape index (κ3) is 7.75. The van der Waals surface area contributed by atoms with E-state index >= 15 is 0 Å². The Labute approximate surface area is 284 Å². The number of aliphatic hydroxyl groups excluding tert-OH is 2. The van der Waals surface area contributed by atoms with Gasteiger partial charge in [0.25, 0.3) is 0 Å². The Morgan fingerprint density at radius 3 is 2.55 bits per heavy atom. The fourth-order valence-electron chi connectivity index (χ4n) is 5.77. The van der Waals surface area contributed by atoms with Gasteiger partial charge in [-0.3, -0.25) is 0 Å². The molecule has 49 heavy (non-hydrogen) atoms. The maximum atomic E-state index is 13.7. The van der Waals surface area contributed by atoms with Crippen molar-refractivity contribution in [3.8, 4) is 11.5 Å². The van der Waals surface area contributed by atoms with Gasteiger partial charge in [-0.15, -0.1) is 0 Å². The number of aromatic nitrogens is 2. The fourth-order valence-corrected chi connectivity index (χ4v) is 5.89. The summed E-state index contributed by atoms with van der Waals surface area (Å²) >= 11 is 6.09. The van der Waals surface area contributed by atoms with E-state index in [9.17, 15) is 28.2 Å². The second-order valence-corrected chi connectivity index (χ2v) is 12.0. The topological polar surface area (TPSA) is 130 Å². The molecule has 5 aromatic rings. The second kappa shape index (κ2) is 14.3. The summed E-state index contributed by atoms with van der Waals surface area (Å²) in [7, 11) is 0. The largest absolute Gasteiger partial charge is 0.457 e. The first kappa shape index (κ1) is 34.1. The molecule has 10 nitrogen and oxygen atoms in total. The molecule has 1 aliphatic rings. The number of fused-ring (bicyclic) bond motifs is 1. The van der Waals surface area contributed by atoms with Crippen molar-refractivity contribution in [2.45, 2.75) is 43.9 Å². The van der Waals surface area contributed by atoms with Crippen LogP contribution in [0.2, 0.25) is 5.02 Å². The Morgan fingerprint density at radius 2 is 1.82 bits per heavy atom. The summed E-state index contributed by atoms with van der Waals surface area (Å²) < 4.78 is 54.4. The summed E-state index contributed by atoms with van der Waals surface area (Å²) in [6.07, 6.45) is -6.96. The van der Waals surface area contributed by atoms with Crippen molar-refractivity contribution in [3.05, 3.63) is 113 Å². The van der Waals surface area contributed by atoms with Crippen LogP contribution in [-0.2, 0) is 17.5 Å². The van der Waals surface area contributed by atoms with Crippen LogP contribution in [0, 0.1) is 6.92 Å². The number of alkyl halides is 3. The lowest BCUT2D eigenvalue weighted by atomic mass is 9.95. The number of aryl methyl sites for hydroxylation is 1. The number of hydrogen-bond acceptors (Lipinski definition) is 7. The minimum atomic E-state index is -4.61. The van der Waals surface area contributed by atoms with Gasteiger partial charge in [0.15, 0.2) is 0 Å². The van der Waals surface area contributed by atoms with Crippen molar-refractivity contribution in [2.75, 3.05) is 23.8 Å². The Kier molecular flexibility index (Phi) is 9.97. The number of nitrogens with one attached hydrogen (secondary N) is 3. The molecule has 4 aromatic carbocycles. The molecular weight excluding hydrogens is 663 g/mol. The SMILES string of the molecule is Cc1cc(NC(=O)NC2COC(CO)C(n3c(NCc4cccc(Oc5ccccc5)c4)nc4cc(C(F)(F)F)ccc43)C2O)ccc1Cl. The highest BCUT2D eigenvalue weighted by Gasteiger charge is 2.43. The Hall–Kier alpha value is -4.82. The van der Waals surface area contributed by atoms with Crippen LogP contribution < -0.4 is 20.7 Å². The minimum absolute atomic E-state index is 0.00769. The molecule has 0 saturated carbocycles. The van der Waals surface area contributed by atoms with E-state index in [1.807, 2.05) is 42.5 Å². The van der Waals surface area contributed by atoms with Crippen LogP contribution in [0.3, 0.4) is 0 Å². The minimum Gasteiger partial charge on any atom is -0.457 e. The van der Waals surface area contributed by atoms with Gasteiger partial charge in [-0.2, -0.15) is 13.2 Å². The summed E-state index contributed by atoms with van der Waals surface area (Å²) in [6, 6.07) is 21.9. The van der Waals surface area contributed by atoms with Crippen molar-refractivity contribution in [2.24, 2.45) is 0 Å². The zero-order chi connectivity index (χ0) is 34.7. The smallest absolute Gasteiger partial charge is 0.416 e. The van der Waals surface area contributed by atoms with Gasteiger partial charge in [0.05, 0.1) is 48.0 Å². The normalized spacial score (nSPS) is 19.4. The van der Waals surface area contributed by atoms with Crippen LogP contribution in [0.5, 0.6) is 11.5 Å². The average molecular weight is 696 g/mol. The fraction of sp³-hybridized carbons (Fsp3) is 0.257. The number of para-hydroxylation sites is 1. The predicted octanol–water partition coefficient (Wildman–Crippen LogP) is 6.90. The molecule has 2 heterocycles. The molecule has 2 amide bonds. The lowest BCUT2D eigenvalue weighted by Crippen LogP contribution is -2.58. The number of halogens is 4. The first-order chi connectivity index (χ1) is 23.5. The highest BCUT2D eigenvalue weighted by atomic mass is 35.5. The molecule has 14 heteroatoms. The Bertz CT molecular complexity index is 1940. The first-order valence-electron chi connectivity index (χ1n) is 15.4. The number of urea groups is 1. The molecule has 4 atom stereocenters. The van der Waals surface area contributed by atoms with Crippen molar-refractivity contribution in [3.63, 3.8) is 0 Å². The number of anilines is 2. The lowest BCUT2D eigenvalue weighted by molar-refractivity contribution is -0.137. The van der Waals surface area contributed by atoms with E-state index in [1.165, 1.54) is 10.6 Å². The summed E-state index contributed by atoms with van der Waals surface area (Å²) in [5.74, 6) is 1.35. The van der Waals surface area contributed by atoms with Gasteiger partial charge in [0, 0.05) is 17.3 Å². The molecule has 0 spiro atoms. The van der Waals surface area contributed by atoms with Gasteiger partial charge < -0.3 is 40.2 Å². The van der Waals surface area contributed by atoms with E-state index in [0.29, 0.717) is 22.2 Å². The molecule has 256 valence electrons. The van der Waals surface area contributed by atoms with Gasteiger partial charge in [-0.1, -0.05) is 41.9 Å². The molecule has 0 bridgehead atoms. The number of rotatable bonds is 9. The average Bonchev–Trinajstić information content (AvgIpc) is 3.44. The predicted molar refractivity (Wildman–Crippen MR) is 179 cm³/mol. The van der Waals surface area contributed by atoms with E-state index in [2.05, 4.69) is 20.9 Å². The van der Waals surface area contributed by atoms with Gasteiger partial charge in [0.1, 0.15) is 17.6 Å². The van der Waals surface area contributed by atoms with E-state index in [1.54, 1.807) is 37.3 Å². The second-order valence-electron chi connectivity index (χ2n) is 11.6. The van der Waals surface area contributed by atoms with E-state index in [-0.39, 0.29) is 30.1 Å². The zero-order valence-corrected chi connectivity index (χ0v) is 26.9. The highest BCUT2D eigenvalue weighted by Crippen LogP contribution is 2.37. The van der Waals surface area contributed by atoms with Crippen LogP contribution in [0.4, 0.5) is 29.6 Å². The summed E-state index contributed by atoms with van der Waals surface area (Å²) in [5.41, 5.74) is 1.37. The van der Waals surface area contributed by atoms with Crippen LogP contribution >= 0.6 is 11.6 Å². The molecule has 0 radical (unpaired) electrons. The molecule has 0 aliphatic carbocycles. The number of nitrogens with zero attached hydrogens (tertiary/aromatic N) is 2. The van der Waals surface area contributed by atoms with E-state index in [4.69, 9.17) is 21.1 Å². The van der Waals surface area contributed by atoms with Crippen molar-refractivity contribution in [1.29, 1.82) is 0 Å². The van der Waals surface area contributed by atoms with Crippen LogP contribution in [0.15, 0.2) is 91.0 Å². The summed E-state index contributed by atoms with van der Waals surface area (Å²) in [5, 5.41) is 31.1. The van der Waals surface area contributed by atoms with Crippen LogP contribution in [-0.4, -0.2) is 57.3 Å². The quantitative estimate of drug-likeness (QED) is 0.113. The zero-order valence-electron chi connectivity index (χ0n) is 26.1. The molecule has 1 saturated heterocycles. The number of aliphatic hydroxyl groups is 2. The number of amides is 2. The number of imidazole rings is 1. The Morgan fingerprint density at radius 1 is 1.04 bits per heavy atom. The summed E-state index contributed by atoms with van der Waals surface area (Å²) in [4.78, 5) is 17.4. The van der Waals surface area contributed by atoms with E-state index in [0.717, 1.165) is 23.3 Å². The standard InChI is InChI=1S/C35H33ClF3N5O5/c1-20-14-23(11-12-26(20)36)41-34(47)43-28-19-48-30(18-45)31(32(28)46)44-29-13-10-22(35(37,38)39)16-27(29)42-33(44)40-17-21-6-5-9-25(15-21)49-24-7-3-2-4-8-24/h2-16,28,30-32,45-46H,17-19H2,1H3,(H,40,42)(H2,41,43,47). The van der Waals surface area contributed by atoms with Crippen molar-refractivity contribution < 1.29 is 37.7 Å². The molecule has 5 N–H and O–H groups in total. The number of carbonyl (C=O) groups excluding carboxylic acids is 1. The summed E-state index contributed by atoms with van der Waals surface area (Å²) in [6.45, 7) is 1.30. The van der Waals surface area contributed by atoms with Gasteiger partial charge in [0.2, 0.25) is 5.95 Å². The maximum Gasteiger partial charge on any atom is 0.416 e. The molecular formula is C35H33ClF3N5O5. The van der Waals surface area contributed by atoms with Gasteiger partial charge in [-0.05, 0) is 78.7 Å². The molecule has 1 aromatic heterocycles. The van der Waals surface area contributed by atoms with Crippen molar-refractivity contribution in [1.82, 2.24) is 14.9 Å². The number of benzene rings is 4. The van der Waals surface area contributed by atoms with Crippen LogP contribution in [0.25, 0.3) is 11.0 Å². The lowest BCUT2D eigenvalue weighted by Gasteiger charge is -2.41. The van der Waals surface area contributed by atoms with Crippen molar-refractivity contribution >= 4 is 40.3 Å². The third-order valence-corrected chi connectivity index (χ3v) is 8.61. The highest BCUT2D eigenvalue weighted by molar-refractivity contribution is 6.31. The molecule has 1 aliphatic heterocycles. The third-order valence-electron chi connectivity index (χ3n) is 8.19. The van der Waals surface area contributed by atoms with Crippen LogP contribution in [0.1, 0.15) is 22.7 Å².